The SMILES string of the molecule is c1ccc(-c2nc(-c3cccc4c(-c5ccccc5)cccc34)nc(-c3ccc(-c4ccc5c(c4)oc4ccccc45)c4ccccc34)n2)cc1. The van der Waals surface area contributed by atoms with Gasteiger partial charge in [0.05, 0.1) is 0 Å². The molecule has 0 aliphatic heterocycles. The van der Waals surface area contributed by atoms with E-state index in [9.17, 15) is 0 Å². The van der Waals surface area contributed by atoms with Crippen LogP contribution in [0.15, 0.2) is 180 Å². The highest BCUT2D eigenvalue weighted by Gasteiger charge is 2.18. The van der Waals surface area contributed by atoms with Crippen LogP contribution in [0.2, 0.25) is 0 Å². The van der Waals surface area contributed by atoms with Crippen molar-refractivity contribution in [3.63, 3.8) is 0 Å². The van der Waals surface area contributed by atoms with Gasteiger partial charge in [0.25, 0.3) is 0 Å². The first-order valence-corrected chi connectivity index (χ1v) is 17.1. The summed E-state index contributed by atoms with van der Waals surface area (Å²) in [5.74, 6) is 1.90. The molecule has 0 amide bonds. The molecule has 0 atom stereocenters. The quantitative estimate of drug-likeness (QED) is 0.186. The molecule has 4 nitrogen and oxygen atoms in total. The topological polar surface area (TPSA) is 51.8 Å². The number of rotatable bonds is 5. The summed E-state index contributed by atoms with van der Waals surface area (Å²) < 4.78 is 6.27. The van der Waals surface area contributed by atoms with Gasteiger partial charge in [-0.15, -0.1) is 0 Å². The van der Waals surface area contributed by atoms with E-state index < -0.39 is 0 Å². The third-order valence-electron chi connectivity index (χ3n) is 9.77. The Hall–Kier alpha value is -6.91. The zero-order valence-electron chi connectivity index (χ0n) is 27.5. The summed E-state index contributed by atoms with van der Waals surface area (Å²) in [6.07, 6.45) is 0. The van der Waals surface area contributed by atoms with Crippen LogP contribution in [-0.2, 0) is 0 Å². The van der Waals surface area contributed by atoms with E-state index in [-0.39, 0.29) is 0 Å². The Morgan fingerprint density at radius 2 is 0.745 bits per heavy atom. The molecule has 0 spiro atoms. The summed E-state index contributed by atoms with van der Waals surface area (Å²) in [6, 6.07) is 61.0. The van der Waals surface area contributed by atoms with Crippen molar-refractivity contribution in [2.45, 2.75) is 0 Å². The molecular formula is C47H29N3O. The fraction of sp³-hybridized carbons (Fsp3) is 0. The molecule has 0 radical (unpaired) electrons. The largest absolute Gasteiger partial charge is 0.456 e. The molecule has 0 N–H and O–H groups in total. The summed E-state index contributed by atoms with van der Waals surface area (Å²) in [5, 5.41) is 6.68. The Balaban J connectivity index is 1.17. The van der Waals surface area contributed by atoms with E-state index in [1.54, 1.807) is 0 Å². The maximum absolute atomic E-state index is 6.27. The number of para-hydroxylation sites is 1. The zero-order chi connectivity index (χ0) is 33.7. The molecule has 0 saturated heterocycles. The summed E-state index contributed by atoms with van der Waals surface area (Å²) in [7, 11) is 0. The van der Waals surface area contributed by atoms with Gasteiger partial charge in [-0.3, -0.25) is 0 Å². The van der Waals surface area contributed by atoms with E-state index >= 15 is 0 Å². The normalized spacial score (nSPS) is 11.5. The molecule has 8 aromatic carbocycles. The van der Waals surface area contributed by atoms with Gasteiger partial charge in [-0.25, -0.2) is 15.0 Å². The molecule has 51 heavy (non-hydrogen) atoms. The van der Waals surface area contributed by atoms with Crippen molar-refractivity contribution >= 4 is 43.5 Å². The number of hydrogen-bond donors (Lipinski definition) is 0. The fourth-order valence-electron chi connectivity index (χ4n) is 7.35. The Morgan fingerprint density at radius 3 is 1.45 bits per heavy atom. The highest BCUT2D eigenvalue weighted by atomic mass is 16.3. The number of aromatic nitrogens is 3. The van der Waals surface area contributed by atoms with Crippen LogP contribution in [0.4, 0.5) is 0 Å². The number of fused-ring (bicyclic) bond motifs is 5. The molecule has 2 heterocycles. The summed E-state index contributed by atoms with van der Waals surface area (Å²) >= 11 is 0. The van der Waals surface area contributed by atoms with E-state index in [1.165, 1.54) is 11.1 Å². The molecule has 0 saturated carbocycles. The predicted octanol–water partition coefficient (Wildman–Crippen LogP) is 12.4. The minimum atomic E-state index is 0.630. The fourth-order valence-corrected chi connectivity index (χ4v) is 7.35. The van der Waals surface area contributed by atoms with Crippen molar-refractivity contribution in [1.82, 2.24) is 15.0 Å². The molecule has 10 aromatic rings. The average Bonchev–Trinajstić information content (AvgIpc) is 3.58. The van der Waals surface area contributed by atoms with E-state index in [4.69, 9.17) is 19.4 Å². The lowest BCUT2D eigenvalue weighted by Gasteiger charge is -2.14. The van der Waals surface area contributed by atoms with Crippen LogP contribution in [0.1, 0.15) is 0 Å². The van der Waals surface area contributed by atoms with Crippen molar-refractivity contribution in [2.24, 2.45) is 0 Å². The first-order valence-electron chi connectivity index (χ1n) is 17.1. The van der Waals surface area contributed by atoms with Gasteiger partial charge < -0.3 is 4.42 Å². The summed E-state index contributed by atoms with van der Waals surface area (Å²) in [5.41, 5.74) is 9.19. The molecule has 0 unspecified atom stereocenters. The van der Waals surface area contributed by atoms with Gasteiger partial charge in [-0.05, 0) is 68.1 Å². The van der Waals surface area contributed by atoms with E-state index in [0.717, 1.165) is 71.3 Å². The van der Waals surface area contributed by atoms with Gasteiger partial charge in [0.2, 0.25) is 0 Å². The van der Waals surface area contributed by atoms with Gasteiger partial charge in [-0.1, -0.05) is 152 Å². The van der Waals surface area contributed by atoms with E-state index in [1.807, 2.05) is 36.4 Å². The standard InChI is InChI=1S/C47H29N3O/c1-3-13-30(14-4-1)33-20-11-22-38-36(33)21-12-23-41(38)46-48-45(31-15-5-2-6-16-31)49-47(50-46)42-28-27-34(35-17-7-8-18-37(35)42)32-25-26-40-39-19-9-10-24-43(39)51-44(40)29-32/h1-29H. The smallest absolute Gasteiger partial charge is 0.164 e. The Labute approximate surface area is 294 Å². The lowest BCUT2D eigenvalue weighted by Crippen LogP contribution is -2.01. The number of hydrogen-bond acceptors (Lipinski definition) is 4. The Kier molecular flexibility index (Phi) is 6.78. The lowest BCUT2D eigenvalue weighted by molar-refractivity contribution is 0.669. The second-order valence-electron chi connectivity index (χ2n) is 12.8. The van der Waals surface area contributed by atoms with E-state index in [2.05, 4.69) is 140 Å². The third kappa shape index (κ3) is 4.96. The minimum Gasteiger partial charge on any atom is -0.456 e. The van der Waals surface area contributed by atoms with Crippen LogP contribution in [0, 0.1) is 0 Å². The first kappa shape index (κ1) is 29.0. The molecule has 0 bridgehead atoms. The number of furan rings is 1. The average molecular weight is 652 g/mol. The van der Waals surface area contributed by atoms with Crippen LogP contribution in [0.3, 0.4) is 0 Å². The molecular weight excluding hydrogens is 623 g/mol. The summed E-state index contributed by atoms with van der Waals surface area (Å²) in [6.45, 7) is 0. The lowest BCUT2D eigenvalue weighted by atomic mass is 9.94. The van der Waals surface area contributed by atoms with Crippen molar-refractivity contribution in [2.75, 3.05) is 0 Å². The monoisotopic (exact) mass is 651 g/mol. The Morgan fingerprint density at radius 1 is 0.275 bits per heavy atom. The van der Waals surface area contributed by atoms with Crippen molar-refractivity contribution < 1.29 is 4.42 Å². The van der Waals surface area contributed by atoms with Crippen molar-refractivity contribution in [3.05, 3.63) is 176 Å². The van der Waals surface area contributed by atoms with Gasteiger partial charge in [0.15, 0.2) is 17.5 Å². The van der Waals surface area contributed by atoms with Gasteiger partial charge in [0.1, 0.15) is 11.2 Å². The molecule has 0 aliphatic rings. The maximum Gasteiger partial charge on any atom is 0.164 e. The third-order valence-corrected chi connectivity index (χ3v) is 9.77. The van der Waals surface area contributed by atoms with E-state index in [0.29, 0.717) is 17.5 Å². The Bertz CT molecular complexity index is 2910. The second kappa shape index (κ2) is 11.9. The van der Waals surface area contributed by atoms with Crippen LogP contribution in [0.25, 0.3) is 99.9 Å². The van der Waals surface area contributed by atoms with Crippen molar-refractivity contribution in [3.8, 4) is 56.4 Å². The van der Waals surface area contributed by atoms with Gasteiger partial charge in [-0.2, -0.15) is 0 Å². The van der Waals surface area contributed by atoms with Gasteiger partial charge in [0, 0.05) is 27.5 Å². The number of nitrogens with zero attached hydrogens (tertiary/aromatic N) is 3. The van der Waals surface area contributed by atoms with Crippen LogP contribution >= 0.6 is 0 Å². The van der Waals surface area contributed by atoms with Gasteiger partial charge >= 0.3 is 0 Å². The highest BCUT2D eigenvalue weighted by Crippen LogP contribution is 2.39. The molecule has 2 aromatic heterocycles. The molecule has 0 aliphatic carbocycles. The predicted molar refractivity (Wildman–Crippen MR) is 209 cm³/mol. The molecule has 4 heteroatoms. The first-order chi connectivity index (χ1) is 25.3. The second-order valence-corrected chi connectivity index (χ2v) is 12.8. The maximum atomic E-state index is 6.27. The van der Waals surface area contributed by atoms with Crippen LogP contribution in [-0.4, -0.2) is 15.0 Å². The summed E-state index contributed by atoms with van der Waals surface area (Å²) in [4.78, 5) is 15.5. The molecule has 10 rings (SSSR count). The van der Waals surface area contributed by atoms with Crippen LogP contribution < -0.4 is 0 Å². The minimum absolute atomic E-state index is 0.630. The number of benzene rings is 8. The molecule has 238 valence electrons. The van der Waals surface area contributed by atoms with Crippen LogP contribution in [0.5, 0.6) is 0 Å². The van der Waals surface area contributed by atoms with Crippen molar-refractivity contribution in [1.29, 1.82) is 0 Å². The highest BCUT2D eigenvalue weighted by molar-refractivity contribution is 6.09. The molecule has 0 fully saturated rings. The zero-order valence-corrected chi connectivity index (χ0v) is 27.5.